The minimum atomic E-state index is -4.59. The second-order valence-electron chi connectivity index (χ2n) is 4.97. The lowest BCUT2D eigenvalue weighted by molar-refractivity contribution is 0.388. The van der Waals surface area contributed by atoms with E-state index in [1.807, 2.05) is 44.3 Å². The van der Waals surface area contributed by atoms with Gasteiger partial charge in [0.2, 0.25) is 0 Å². The van der Waals surface area contributed by atoms with Crippen LogP contribution in [0.4, 0.5) is 5.69 Å². The summed E-state index contributed by atoms with van der Waals surface area (Å²) in [6, 6.07) is 11.2. The molecule has 0 amide bonds. The van der Waals surface area contributed by atoms with Gasteiger partial charge >= 0.3 is 10.4 Å². The molecule has 8 heteroatoms. The largest absolute Gasteiger partial charge is 0.446 e. The van der Waals surface area contributed by atoms with Gasteiger partial charge in [0.1, 0.15) is 10.5 Å². The number of aryl methyl sites for hydroxylation is 1. The van der Waals surface area contributed by atoms with Crippen LogP contribution in [0, 0.1) is 6.92 Å². The predicted octanol–water partition coefficient (Wildman–Crippen LogP) is 3.50. The van der Waals surface area contributed by atoms with Crippen LogP contribution in [-0.2, 0) is 10.4 Å². The van der Waals surface area contributed by atoms with Gasteiger partial charge in [-0.25, -0.2) is 4.98 Å². The second kappa shape index (κ2) is 5.80. The van der Waals surface area contributed by atoms with Crippen LogP contribution in [0.1, 0.15) is 5.56 Å². The number of anilines is 1. The Labute approximate surface area is 137 Å². The minimum absolute atomic E-state index is 0.0249. The standard InChI is InChI=1S/C15H14N2O4S2/c1-9-7-12(21-23(18,19)20)14-13(8-9)22-15(17-14)10-3-5-11(16-2)6-4-10/h3-8,16H,1-2H3,(H,18,19,20). The number of hydrogen-bond donors (Lipinski definition) is 2. The lowest BCUT2D eigenvalue weighted by Crippen LogP contribution is -2.07. The summed E-state index contributed by atoms with van der Waals surface area (Å²) in [5.41, 5.74) is 3.13. The third-order valence-corrected chi connectivity index (χ3v) is 4.66. The quantitative estimate of drug-likeness (QED) is 0.700. The Hall–Kier alpha value is -2.16. The summed E-state index contributed by atoms with van der Waals surface area (Å²) < 4.78 is 36.4. The minimum Gasteiger partial charge on any atom is -0.388 e. The fraction of sp³-hybridized carbons (Fsp3) is 0.133. The number of rotatable bonds is 4. The SMILES string of the molecule is CNc1ccc(-c2nc3c(OS(=O)(=O)O)cc(C)cc3s2)cc1. The van der Waals surface area contributed by atoms with E-state index >= 15 is 0 Å². The van der Waals surface area contributed by atoms with Crippen molar-refractivity contribution in [3.05, 3.63) is 42.0 Å². The molecule has 0 atom stereocenters. The van der Waals surface area contributed by atoms with Crippen molar-refractivity contribution in [2.45, 2.75) is 6.92 Å². The molecule has 1 heterocycles. The van der Waals surface area contributed by atoms with Crippen LogP contribution >= 0.6 is 11.3 Å². The molecule has 0 bridgehead atoms. The van der Waals surface area contributed by atoms with E-state index in [4.69, 9.17) is 4.55 Å². The van der Waals surface area contributed by atoms with Crippen molar-refractivity contribution in [1.29, 1.82) is 0 Å². The number of nitrogens with zero attached hydrogens (tertiary/aromatic N) is 1. The topological polar surface area (TPSA) is 88.5 Å². The van der Waals surface area contributed by atoms with E-state index < -0.39 is 10.4 Å². The molecule has 1 aromatic heterocycles. The van der Waals surface area contributed by atoms with Crippen molar-refractivity contribution >= 4 is 37.6 Å². The first-order valence-corrected chi connectivity index (χ1v) is 8.90. The highest BCUT2D eigenvalue weighted by atomic mass is 32.3. The molecular weight excluding hydrogens is 336 g/mol. The maximum atomic E-state index is 11.0. The second-order valence-corrected chi connectivity index (χ2v) is 7.02. The van der Waals surface area contributed by atoms with E-state index in [1.165, 1.54) is 17.4 Å². The van der Waals surface area contributed by atoms with Gasteiger partial charge in [-0.15, -0.1) is 11.3 Å². The van der Waals surface area contributed by atoms with Gasteiger partial charge in [0, 0.05) is 18.3 Å². The normalized spacial score (nSPS) is 11.6. The average Bonchev–Trinajstić information content (AvgIpc) is 2.89. The first kappa shape index (κ1) is 15.7. The smallest absolute Gasteiger partial charge is 0.388 e. The first-order chi connectivity index (χ1) is 10.9. The number of hydrogen-bond acceptors (Lipinski definition) is 6. The highest BCUT2D eigenvalue weighted by Gasteiger charge is 2.16. The Morgan fingerprint density at radius 2 is 1.91 bits per heavy atom. The zero-order valence-corrected chi connectivity index (χ0v) is 14.0. The zero-order chi connectivity index (χ0) is 16.6. The van der Waals surface area contributed by atoms with E-state index in [1.54, 1.807) is 0 Å². The van der Waals surface area contributed by atoms with Gasteiger partial charge < -0.3 is 9.50 Å². The Bertz CT molecular complexity index is 963. The first-order valence-electron chi connectivity index (χ1n) is 6.72. The molecule has 0 spiro atoms. The lowest BCUT2D eigenvalue weighted by Gasteiger charge is -2.03. The fourth-order valence-electron chi connectivity index (χ4n) is 2.21. The molecule has 0 unspecified atom stereocenters. The summed E-state index contributed by atoms with van der Waals surface area (Å²) in [7, 11) is -2.75. The van der Waals surface area contributed by atoms with Gasteiger partial charge in [-0.2, -0.15) is 8.42 Å². The summed E-state index contributed by atoms with van der Waals surface area (Å²) >= 11 is 1.43. The Balaban J connectivity index is 2.12. The number of benzene rings is 2. The van der Waals surface area contributed by atoms with E-state index in [-0.39, 0.29) is 5.75 Å². The average molecular weight is 350 g/mol. The zero-order valence-electron chi connectivity index (χ0n) is 12.4. The molecule has 3 aromatic rings. The molecule has 0 aliphatic heterocycles. The molecule has 0 saturated carbocycles. The molecule has 2 N–H and O–H groups in total. The van der Waals surface area contributed by atoms with Crippen LogP contribution in [0.2, 0.25) is 0 Å². The monoisotopic (exact) mass is 350 g/mol. The summed E-state index contributed by atoms with van der Waals surface area (Å²) in [5, 5.41) is 3.79. The molecule has 0 aliphatic carbocycles. The van der Waals surface area contributed by atoms with Gasteiger partial charge in [0.15, 0.2) is 5.75 Å². The lowest BCUT2D eigenvalue weighted by atomic mass is 10.2. The molecule has 0 radical (unpaired) electrons. The van der Waals surface area contributed by atoms with E-state index in [9.17, 15) is 8.42 Å². The van der Waals surface area contributed by atoms with E-state index in [0.29, 0.717) is 5.52 Å². The Morgan fingerprint density at radius 1 is 1.22 bits per heavy atom. The molecule has 0 fully saturated rings. The summed E-state index contributed by atoms with van der Waals surface area (Å²) in [4.78, 5) is 4.46. The van der Waals surface area contributed by atoms with Gasteiger partial charge in [-0.3, -0.25) is 4.55 Å². The van der Waals surface area contributed by atoms with Gasteiger partial charge in [-0.1, -0.05) is 0 Å². The van der Waals surface area contributed by atoms with Gasteiger partial charge in [0.05, 0.1) is 4.70 Å². The number of nitrogens with one attached hydrogen (secondary N) is 1. The molecule has 0 saturated heterocycles. The fourth-order valence-corrected chi connectivity index (χ4v) is 3.65. The highest BCUT2D eigenvalue weighted by molar-refractivity contribution is 7.81. The van der Waals surface area contributed by atoms with E-state index in [2.05, 4.69) is 14.5 Å². The molecule has 3 rings (SSSR count). The van der Waals surface area contributed by atoms with Crippen molar-refractivity contribution in [1.82, 2.24) is 4.98 Å². The van der Waals surface area contributed by atoms with Crippen LogP contribution in [0.3, 0.4) is 0 Å². The van der Waals surface area contributed by atoms with Crippen molar-refractivity contribution in [2.75, 3.05) is 12.4 Å². The number of fused-ring (bicyclic) bond motifs is 1. The van der Waals surface area contributed by atoms with Crippen molar-refractivity contribution in [3.8, 4) is 16.3 Å². The van der Waals surface area contributed by atoms with Crippen molar-refractivity contribution in [3.63, 3.8) is 0 Å². The number of thiazole rings is 1. The molecule has 0 aliphatic rings. The highest BCUT2D eigenvalue weighted by Crippen LogP contribution is 2.36. The van der Waals surface area contributed by atoms with Crippen LogP contribution in [0.15, 0.2) is 36.4 Å². The van der Waals surface area contributed by atoms with Crippen molar-refractivity contribution in [2.24, 2.45) is 0 Å². The Morgan fingerprint density at radius 3 is 2.52 bits per heavy atom. The summed E-state index contributed by atoms with van der Waals surface area (Å²) in [6.45, 7) is 1.82. The molecule has 120 valence electrons. The predicted molar refractivity (Wildman–Crippen MR) is 91.5 cm³/mol. The molecule has 2 aromatic carbocycles. The van der Waals surface area contributed by atoms with Gasteiger partial charge in [-0.05, 0) is 48.9 Å². The van der Waals surface area contributed by atoms with Gasteiger partial charge in [0.25, 0.3) is 0 Å². The Kier molecular flexibility index (Phi) is 3.97. The van der Waals surface area contributed by atoms with Crippen LogP contribution in [0.25, 0.3) is 20.8 Å². The maximum absolute atomic E-state index is 11.0. The molecular formula is C15H14N2O4S2. The summed E-state index contributed by atoms with van der Waals surface area (Å²) in [6.07, 6.45) is 0. The van der Waals surface area contributed by atoms with E-state index in [0.717, 1.165) is 26.5 Å². The van der Waals surface area contributed by atoms with Crippen molar-refractivity contribution < 1.29 is 17.2 Å². The molecule has 23 heavy (non-hydrogen) atoms. The van der Waals surface area contributed by atoms with Crippen LogP contribution in [-0.4, -0.2) is 25.0 Å². The third-order valence-electron chi connectivity index (χ3n) is 3.22. The number of aromatic nitrogens is 1. The summed E-state index contributed by atoms with van der Waals surface area (Å²) in [5.74, 6) is 0.0249. The maximum Gasteiger partial charge on any atom is 0.446 e. The van der Waals surface area contributed by atoms with Crippen LogP contribution in [0.5, 0.6) is 5.75 Å². The molecule has 6 nitrogen and oxygen atoms in total. The van der Waals surface area contributed by atoms with Crippen LogP contribution < -0.4 is 9.50 Å². The third kappa shape index (κ3) is 3.44.